The van der Waals surface area contributed by atoms with E-state index in [-0.39, 0.29) is 41.6 Å². The molecule has 0 atom stereocenters. The first kappa shape index (κ1) is 25.2. The number of hydrogen-bond acceptors (Lipinski definition) is 5. The van der Waals surface area contributed by atoms with Gasteiger partial charge in [0.05, 0.1) is 31.2 Å². The number of carbonyl (C=O) groups is 3. The van der Waals surface area contributed by atoms with Crippen molar-refractivity contribution in [1.29, 1.82) is 0 Å². The number of methoxy groups -OCH3 is 2. The summed E-state index contributed by atoms with van der Waals surface area (Å²) in [6, 6.07) is 14.2. The van der Waals surface area contributed by atoms with Crippen molar-refractivity contribution in [3.8, 4) is 11.5 Å². The van der Waals surface area contributed by atoms with Crippen molar-refractivity contribution in [2.75, 3.05) is 31.4 Å². The molecule has 8 nitrogen and oxygen atoms in total. The van der Waals surface area contributed by atoms with Crippen LogP contribution in [0.2, 0.25) is 0 Å². The Morgan fingerprint density at radius 2 is 1.43 bits per heavy atom. The van der Waals surface area contributed by atoms with E-state index < -0.39 is 23.4 Å². The maximum Gasteiger partial charge on any atom is 0.255 e. The van der Waals surface area contributed by atoms with Crippen LogP contribution < -0.4 is 25.4 Å². The molecule has 0 saturated carbocycles. The summed E-state index contributed by atoms with van der Waals surface area (Å²) in [6.07, 6.45) is -0.132. The summed E-state index contributed by atoms with van der Waals surface area (Å²) >= 11 is 0. The molecule has 0 aliphatic rings. The van der Waals surface area contributed by atoms with Gasteiger partial charge in [0, 0.05) is 36.7 Å². The van der Waals surface area contributed by atoms with Crippen molar-refractivity contribution < 1.29 is 32.6 Å². The predicted molar refractivity (Wildman–Crippen MR) is 126 cm³/mol. The SMILES string of the molecule is COc1cc(NC(=O)c2ccccc2)c(OC)cc1NC(=O)CCNC(=O)c1ccc(F)cc1F. The van der Waals surface area contributed by atoms with E-state index in [4.69, 9.17) is 9.47 Å². The second kappa shape index (κ2) is 11.6. The molecule has 0 aromatic heterocycles. The van der Waals surface area contributed by atoms with Crippen LogP contribution in [0.25, 0.3) is 0 Å². The Morgan fingerprint density at radius 3 is 2.03 bits per heavy atom. The normalized spacial score (nSPS) is 10.3. The molecule has 0 unspecified atom stereocenters. The number of hydrogen-bond donors (Lipinski definition) is 3. The van der Waals surface area contributed by atoms with Gasteiger partial charge >= 0.3 is 0 Å². The lowest BCUT2D eigenvalue weighted by atomic mass is 10.2. The van der Waals surface area contributed by atoms with Gasteiger partial charge in [0.15, 0.2) is 0 Å². The van der Waals surface area contributed by atoms with Gasteiger partial charge in [-0.05, 0) is 24.3 Å². The summed E-state index contributed by atoms with van der Waals surface area (Å²) in [6.45, 7) is -0.0911. The van der Waals surface area contributed by atoms with Gasteiger partial charge in [-0.1, -0.05) is 18.2 Å². The van der Waals surface area contributed by atoms with Crippen LogP contribution in [-0.2, 0) is 4.79 Å². The molecule has 0 aliphatic carbocycles. The minimum absolute atomic E-state index is 0.0911. The molecule has 0 aliphatic heterocycles. The number of amides is 3. The van der Waals surface area contributed by atoms with Crippen molar-refractivity contribution >= 4 is 29.1 Å². The van der Waals surface area contributed by atoms with Gasteiger partial charge in [-0.15, -0.1) is 0 Å². The molecule has 3 aromatic carbocycles. The summed E-state index contributed by atoms with van der Waals surface area (Å²) in [5.41, 5.74) is 0.743. The van der Waals surface area contributed by atoms with Crippen LogP contribution in [0.4, 0.5) is 20.2 Å². The molecule has 35 heavy (non-hydrogen) atoms. The Labute approximate surface area is 200 Å². The average molecular weight is 483 g/mol. The molecular formula is C25H23F2N3O5. The Kier molecular flexibility index (Phi) is 8.33. The van der Waals surface area contributed by atoms with E-state index in [2.05, 4.69) is 16.0 Å². The lowest BCUT2D eigenvalue weighted by Crippen LogP contribution is -2.28. The molecule has 0 radical (unpaired) electrons. The minimum atomic E-state index is -0.997. The van der Waals surface area contributed by atoms with E-state index in [0.29, 0.717) is 17.3 Å². The van der Waals surface area contributed by atoms with E-state index in [1.165, 1.54) is 26.4 Å². The molecule has 3 aromatic rings. The maximum atomic E-state index is 13.7. The first-order valence-corrected chi connectivity index (χ1v) is 10.5. The third-order valence-electron chi connectivity index (χ3n) is 4.89. The van der Waals surface area contributed by atoms with Crippen molar-refractivity contribution in [1.82, 2.24) is 5.32 Å². The number of ether oxygens (including phenoxy) is 2. The molecule has 0 saturated heterocycles. The summed E-state index contributed by atoms with van der Waals surface area (Å²) in [5.74, 6) is -2.84. The smallest absolute Gasteiger partial charge is 0.255 e. The Balaban J connectivity index is 1.64. The summed E-state index contributed by atoms with van der Waals surface area (Å²) in [7, 11) is 2.81. The number of benzene rings is 3. The number of carbonyl (C=O) groups excluding carboxylic acids is 3. The zero-order chi connectivity index (χ0) is 25.4. The van der Waals surface area contributed by atoms with Crippen LogP contribution in [0, 0.1) is 11.6 Å². The number of nitrogens with one attached hydrogen (secondary N) is 3. The van der Waals surface area contributed by atoms with Crippen LogP contribution in [0.1, 0.15) is 27.1 Å². The third-order valence-corrected chi connectivity index (χ3v) is 4.89. The van der Waals surface area contributed by atoms with E-state index in [9.17, 15) is 23.2 Å². The van der Waals surface area contributed by atoms with Gasteiger partial charge in [-0.2, -0.15) is 0 Å². The van der Waals surface area contributed by atoms with Gasteiger partial charge in [-0.3, -0.25) is 14.4 Å². The number of anilines is 2. The molecule has 10 heteroatoms. The molecule has 0 bridgehead atoms. The lowest BCUT2D eigenvalue weighted by Gasteiger charge is -2.16. The quantitative estimate of drug-likeness (QED) is 0.427. The molecule has 3 N–H and O–H groups in total. The van der Waals surface area contributed by atoms with Crippen molar-refractivity contribution in [3.05, 3.63) is 83.4 Å². The second-order valence-electron chi connectivity index (χ2n) is 7.25. The standard InChI is InChI=1S/C25H23F2N3O5/c1-34-21-14-20(30-24(32)15-6-4-3-5-7-15)22(35-2)13-19(21)29-23(31)10-11-28-25(33)17-9-8-16(26)12-18(17)27/h3-9,12-14H,10-11H2,1-2H3,(H,28,33)(H,29,31)(H,30,32). The summed E-state index contributed by atoms with van der Waals surface area (Å²) in [4.78, 5) is 37.0. The number of rotatable bonds is 9. The third kappa shape index (κ3) is 6.53. The van der Waals surface area contributed by atoms with E-state index in [1.807, 2.05) is 0 Å². The topological polar surface area (TPSA) is 106 Å². The molecule has 0 spiro atoms. The fourth-order valence-electron chi connectivity index (χ4n) is 3.15. The van der Waals surface area contributed by atoms with Crippen molar-refractivity contribution in [3.63, 3.8) is 0 Å². The molecule has 3 rings (SSSR count). The van der Waals surface area contributed by atoms with Gasteiger partial charge in [-0.25, -0.2) is 8.78 Å². The van der Waals surface area contributed by atoms with Crippen LogP contribution in [0.3, 0.4) is 0 Å². The second-order valence-corrected chi connectivity index (χ2v) is 7.25. The fraction of sp³-hybridized carbons (Fsp3) is 0.160. The summed E-state index contributed by atoms with van der Waals surface area (Å²) < 4.78 is 37.4. The maximum absolute atomic E-state index is 13.7. The molecule has 0 fully saturated rings. The fourth-order valence-corrected chi connectivity index (χ4v) is 3.15. The van der Waals surface area contributed by atoms with Crippen molar-refractivity contribution in [2.24, 2.45) is 0 Å². The Bertz CT molecular complexity index is 1240. The monoisotopic (exact) mass is 483 g/mol. The molecule has 182 valence electrons. The highest BCUT2D eigenvalue weighted by Crippen LogP contribution is 2.36. The van der Waals surface area contributed by atoms with Gasteiger partial charge in [0.2, 0.25) is 5.91 Å². The first-order chi connectivity index (χ1) is 16.8. The van der Waals surface area contributed by atoms with Crippen molar-refractivity contribution in [2.45, 2.75) is 6.42 Å². The highest BCUT2D eigenvalue weighted by molar-refractivity contribution is 6.05. The molecular weight excluding hydrogens is 460 g/mol. The zero-order valence-corrected chi connectivity index (χ0v) is 19.0. The van der Waals surface area contributed by atoms with Crippen LogP contribution in [0.15, 0.2) is 60.7 Å². The lowest BCUT2D eigenvalue weighted by molar-refractivity contribution is -0.116. The van der Waals surface area contributed by atoms with E-state index in [1.54, 1.807) is 30.3 Å². The van der Waals surface area contributed by atoms with Crippen LogP contribution >= 0.6 is 0 Å². The zero-order valence-electron chi connectivity index (χ0n) is 19.0. The highest BCUT2D eigenvalue weighted by Gasteiger charge is 2.17. The minimum Gasteiger partial charge on any atom is -0.494 e. The Hall–Kier alpha value is -4.47. The average Bonchev–Trinajstić information content (AvgIpc) is 2.84. The first-order valence-electron chi connectivity index (χ1n) is 10.5. The van der Waals surface area contributed by atoms with Crippen LogP contribution in [0.5, 0.6) is 11.5 Å². The van der Waals surface area contributed by atoms with E-state index in [0.717, 1.165) is 12.1 Å². The summed E-state index contributed by atoms with van der Waals surface area (Å²) in [5, 5.41) is 7.80. The van der Waals surface area contributed by atoms with Crippen LogP contribution in [-0.4, -0.2) is 38.5 Å². The van der Waals surface area contributed by atoms with Gasteiger partial charge < -0.3 is 25.4 Å². The number of halogens is 2. The largest absolute Gasteiger partial charge is 0.494 e. The highest BCUT2D eigenvalue weighted by atomic mass is 19.1. The molecule has 3 amide bonds. The molecule has 0 heterocycles. The van der Waals surface area contributed by atoms with Gasteiger partial charge in [0.1, 0.15) is 23.1 Å². The predicted octanol–water partition coefficient (Wildman–Crippen LogP) is 3.99. The van der Waals surface area contributed by atoms with E-state index >= 15 is 0 Å². The van der Waals surface area contributed by atoms with Gasteiger partial charge in [0.25, 0.3) is 11.8 Å². The Morgan fingerprint density at radius 1 is 0.800 bits per heavy atom.